The molecule has 118 valence electrons. The molecule has 0 saturated heterocycles. The molecule has 2 rings (SSSR count). The van der Waals surface area contributed by atoms with Crippen molar-refractivity contribution in [1.82, 2.24) is 5.32 Å². The zero-order valence-electron chi connectivity index (χ0n) is 14.0. The lowest BCUT2D eigenvalue weighted by Crippen LogP contribution is -2.25. The summed E-state index contributed by atoms with van der Waals surface area (Å²) in [7, 11) is 0. The minimum atomic E-state index is 0.510. The molecule has 21 heavy (non-hydrogen) atoms. The van der Waals surface area contributed by atoms with Crippen LogP contribution in [0, 0.1) is 19.8 Å². The fourth-order valence-electron chi connectivity index (χ4n) is 3.24. The molecule has 0 heterocycles. The van der Waals surface area contributed by atoms with Gasteiger partial charge in [0.05, 0.1) is 0 Å². The number of thioether (sulfide) groups is 1. The maximum atomic E-state index is 3.76. The maximum absolute atomic E-state index is 3.76. The van der Waals surface area contributed by atoms with Gasteiger partial charge in [-0.1, -0.05) is 43.5 Å². The minimum absolute atomic E-state index is 0.510. The van der Waals surface area contributed by atoms with E-state index in [2.05, 4.69) is 56.0 Å². The van der Waals surface area contributed by atoms with Gasteiger partial charge in [0.25, 0.3) is 0 Å². The molecule has 2 heteroatoms. The van der Waals surface area contributed by atoms with Crippen molar-refractivity contribution in [2.45, 2.75) is 58.9 Å². The molecule has 1 nitrogen and oxygen atoms in total. The Morgan fingerprint density at radius 1 is 1.24 bits per heavy atom. The third-order valence-electron chi connectivity index (χ3n) is 4.56. The predicted molar refractivity (Wildman–Crippen MR) is 96.2 cm³/mol. The molecule has 0 aliphatic heterocycles. The highest BCUT2D eigenvalue weighted by Gasteiger charge is 2.17. The zero-order valence-corrected chi connectivity index (χ0v) is 14.8. The number of hydrogen-bond acceptors (Lipinski definition) is 2. The summed E-state index contributed by atoms with van der Waals surface area (Å²) in [5, 5.41) is 3.76. The first-order valence-electron chi connectivity index (χ1n) is 8.59. The molecule has 0 spiro atoms. The largest absolute Gasteiger partial charge is 0.309 e. The molecule has 1 aromatic rings. The van der Waals surface area contributed by atoms with Gasteiger partial charge in [-0.3, -0.25) is 0 Å². The van der Waals surface area contributed by atoms with Gasteiger partial charge in [-0.25, -0.2) is 0 Å². The van der Waals surface area contributed by atoms with Crippen LogP contribution in [-0.2, 0) is 0 Å². The predicted octanol–water partition coefficient (Wildman–Crippen LogP) is 5.27. The summed E-state index contributed by atoms with van der Waals surface area (Å²) in [5.41, 5.74) is 4.30. The first-order valence-corrected chi connectivity index (χ1v) is 9.74. The van der Waals surface area contributed by atoms with E-state index in [0.717, 1.165) is 12.5 Å². The Morgan fingerprint density at radius 2 is 2.00 bits per heavy atom. The molecule has 1 unspecified atom stereocenters. The van der Waals surface area contributed by atoms with Crippen molar-refractivity contribution in [3.05, 3.63) is 34.9 Å². The topological polar surface area (TPSA) is 12.0 Å². The van der Waals surface area contributed by atoms with Crippen LogP contribution < -0.4 is 5.32 Å². The van der Waals surface area contributed by atoms with E-state index in [-0.39, 0.29) is 0 Å². The monoisotopic (exact) mass is 305 g/mol. The van der Waals surface area contributed by atoms with Crippen LogP contribution in [0.5, 0.6) is 0 Å². The highest BCUT2D eigenvalue weighted by molar-refractivity contribution is 7.99. The van der Waals surface area contributed by atoms with Crippen molar-refractivity contribution in [3.8, 4) is 0 Å². The van der Waals surface area contributed by atoms with E-state index in [0.29, 0.717) is 6.04 Å². The normalized spacial score (nSPS) is 17.3. The van der Waals surface area contributed by atoms with Crippen LogP contribution in [0.4, 0.5) is 0 Å². The number of aryl methyl sites for hydroxylation is 2. The highest BCUT2D eigenvalue weighted by atomic mass is 32.2. The van der Waals surface area contributed by atoms with E-state index < -0.39 is 0 Å². The summed E-state index contributed by atoms with van der Waals surface area (Å²) in [4.78, 5) is 0. The highest BCUT2D eigenvalue weighted by Crippen LogP contribution is 2.30. The lowest BCUT2D eigenvalue weighted by Gasteiger charge is -2.22. The summed E-state index contributed by atoms with van der Waals surface area (Å²) in [5.74, 6) is 3.55. The second-order valence-electron chi connectivity index (χ2n) is 6.55. The minimum Gasteiger partial charge on any atom is -0.309 e. The van der Waals surface area contributed by atoms with Gasteiger partial charge in [-0.15, -0.1) is 0 Å². The Morgan fingerprint density at radius 3 is 2.71 bits per heavy atom. The average Bonchev–Trinajstić information content (AvgIpc) is 2.99. The maximum Gasteiger partial charge on any atom is 0.0414 e. The van der Waals surface area contributed by atoms with Crippen molar-refractivity contribution < 1.29 is 0 Å². The molecule has 0 aromatic heterocycles. The second-order valence-corrected chi connectivity index (χ2v) is 7.63. The van der Waals surface area contributed by atoms with Gasteiger partial charge in [0.1, 0.15) is 0 Å². The lowest BCUT2D eigenvalue weighted by atomic mass is 10.00. The van der Waals surface area contributed by atoms with E-state index in [1.54, 1.807) is 0 Å². The molecule has 1 fully saturated rings. The van der Waals surface area contributed by atoms with Crippen molar-refractivity contribution in [1.29, 1.82) is 0 Å². The summed E-state index contributed by atoms with van der Waals surface area (Å²) < 4.78 is 0. The molecular weight excluding hydrogens is 274 g/mol. The first kappa shape index (κ1) is 16.9. The van der Waals surface area contributed by atoms with Gasteiger partial charge in [-0.2, -0.15) is 11.8 Å². The molecule has 0 amide bonds. The van der Waals surface area contributed by atoms with Crippen molar-refractivity contribution in [3.63, 3.8) is 0 Å². The molecule has 1 saturated carbocycles. The molecule has 1 aromatic carbocycles. The molecule has 1 aliphatic rings. The van der Waals surface area contributed by atoms with Gasteiger partial charge in [0.15, 0.2) is 0 Å². The summed E-state index contributed by atoms with van der Waals surface area (Å²) in [6.07, 6.45) is 7.04. The summed E-state index contributed by atoms with van der Waals surface area (Å²) >= 11 is 2.16. The van der Waals surface area contributed by atoms with Crippen LogP contribution in [0.1, 0.15) is 61.8 Å². The quantitative estimate of drug-likeness (QED) is 0.702. The Bertz CT molecular complexity index is 424. The standard InChI is InChI=1S/C19H31NS/c1-4-11-20-19(14-21-13-17-7-5-6-8-17)18-12-15(2)9-10-16(18)3/h9-10,12,17,19-20H,4-8,11,13-14H2,1-3H3. The molecule has 1 atom stereocenters. The molecule has 0 radical (unpaired) electrons. The average molecular weight is 306 g/mol. The molecule has 1 N–H and O–H groups in total. The van der Waals surface area contributed by atoms with E-state index in [1.807, 2.05) is 0 Å². The summed E-state index contributed by atoms with van der Waals surface area (Å²) in [6, 6.07) is 7.38. The number of nitrogens with one attached hydrogen (secondary N) is 1. The fourth-order valence-corrected chi connectivity index (χ4v) is 4.58. The van der Waals surface area contributed by atoms with Crippen molar-refractivity contribution in [2.24, 2.45) is 5.92 Å². The number of hydrogen-bond donors (Lipinski definition) is 1. The van der Waals surface area contributed by atoms with Crippen LogP contribution in [0.15, 0.2) is 18.2 Å². The van der Waals surface area contributed by atoms with Crippen LogP contribution in [-0.4, -0.2) is 18.1 Å². The Kier molecular flexibility index (Phi) is 7.12. The number of rotatable bonds is 8. The van der Waals surface area contributed by atoms with Crippen LogP contribution in [0.25, 0.3) is 0 Å². The third kappa shape index (κ3) is 5.34. The SMILES string of the molecule is CCCNC(CSCC1CCCC1)c1cc(C)ccc1C. The van der Waals surface area contributed by atoms with Crippen molar-refractivity contribution >= 4 is 11.8 Å². The molecule has 0 bridgehead atoms. The van der Waals surface area contributed by atoms with E-state index in [9.17, 15) is 0 Å². The molecule has 1 aliphatic carbocycles. The van der Waals surface area contributed by atoms with E-state index >= 15 is 0 Å². The van der Waals surface area contributed by atoms with Crippen molar-refractivity contribution in [2.75, 3.05) is 18.1 Å². The van der Waals surface area contributed by atoms with Gasteiger partial charge in [-0.05, 0) is 62.5 Å². The van der Waals surface area contributed by atoms with Gasteiger partial charge >= 0.3 is 0 Å². The fraction of sp³-hybridized carbons (Fsp3) is 0.684. The van der Waals surface area contributed by atoms with E-state index in [1.165, 1.54) is 60.3 Å². The Balaban J connectivity index is 1.94. The lowest BCUT2D eigenvalue weighted by molar-refractivity contribution is 0.572. The third-order valence-corrected chi connectivity index (χ3v) is 5.84. The summed E-state index contributed by atoms with van der Waals surface area (Å²) in [6.45, 7) is 7.81. The van der Waals surface area contributed by atoms with Gasteiger partial charge in [0, 0.05) is 11.8 Å². The Labute approximate surface area is 135 Å². The second kappa shape index (κ2) is 8.85. The van der Waals surface area contributed by atoms with Gasteiger partial charge < -0.3 is 5.32 Å². The van der Waals surface area contributed by atoms with Gasteiger partial charge in [0.2, 0.25) is 0 Å². The van der Waals surface area contributed by atoms with Crippen LogP contribution in [0.2, 0.25) is 0 Å². The van der Waals surface area contributed by atoms with E-state index in [4.69, 9.17) is 0 Å². The Hall–Kier alpha value is -0.470. The zero-order chi connectivity index (χ0) is 15.1. The number of benzene rings is 1. The van der Waals surface area contributed by atoms with Crippen LogP contribution >= 0.6 is 11.8 Å². The smallest absolute Gasteiger partial charge is 0.0414 e. The molecular formula is C19H31NS. The van der Waals surface area contributed by atoms with Crippen LogP contribution in [0.3, 0.4) is 0 Å². The first-order chi connectivity index (χ1) is 10.2.